The second-order valence-corrected chi connectivity index (χ2v) is 4.91. The van der Waals surface area contributed by atoms with E-state index in [1.807, 2.05) is 0 Å². The first-order chi connectivity index (χ1) is 5.45. The second kappa shape index (κ2) is 3.21. The number of rotatable bonds is 1. The molecule has 0 aromatic heterocycles. The zero-order valence-electron chi connectivity index (χ0n) is 9.02. The van der Waals surface area contributed by atoms with E-state index in [4.69, 9.17) is 0 Å². The molecule has 1 nitrogen and oxygen atoms in total. The Hall–Kier alpha value is -0.300. The van der Waals surface area contributed by atoms with Gasteiger partial charge >= 0.3 is 0 Å². The molecular formula is C11H21N. The van der Waals surface area contributed by atoms with Crippen LogP contribution >= 0.6 is 0 Å². The van der Waals surface area contributed by atoms with E-state index in [9.17, 15) is 0 Å². The molecule has 0 unspecified atom stereocenters. The number of nitrogens with zero attached hydrogens (tertiary/aromatic N) is 1. The lowest BCUT2D eigenvalue weighted by Gasteiger charge is -2.42. The summed E-state index contributed by atoms with van der Waals surface area (Å²) in [7, 11) is 2.19. The standard InChI is InChI=1S/C11H21N/c1-6-10(11(2,3)4)9-7-12(5)8-9/h6,9H,7-8H2,1-5H3/b10-6+. The molecule has 0 spiro atoms. The lowest BCUT2D eigenvalue weighted by Crippen LogP contribution is -2.46. The maximum absolute atomic E-state index is 2.37. The summed E-state index contributed by atoms with van der Waals surface area (Å²) >= 11 is 0. The Balaban J connectivity index is 2.60. The van der Waals surface area contributed by atoms with Crippen LogP contribution in [0.15, 0.2) is 11.6 Å². The largest absolute Gasteiger partial charge is 0.305 e. The molecule has 0 saturated carbocycles. The van der Waals surface area contributed by atoms with E-state index in [2.05, 4.69) is 45.7 Å². The van der Waals surface area contributed by atoms with Gasteiger partial charge in [-0.2, -0.15) is 0 Å². The molecule has 1 aliphatic rings. The van der Waals surface area contributed by atoms with Gasteiger partial charge in [-0.1, -0.05) is 32.4 Å². The van der Waals surface area contributed by atoms with Crippen LogP contribution in [-0.2, 0) is 0 Å². The minimum Gasteiger partial charge on any atom is -0.305 e. The van der Waals surface area contributed by atoms with Crippen LogP contribution in [-0.4, -0.2) is 25.0 Å². The fourth-order valence-corrected chi connectivity index (χ4v) is 2.18. The molecule has 70 valence electrons. The van der Waals surface area contributed by atoms with E-state index >= 15 is 0 Å². The number of hydrogen-bond donors (Lipinski definition) is 0. The van der Waals surface area contributed by atoms with Gasteiger partial charge in [-0.05, 0) is 19.4 Å². The van der Waals surface area contributed by atoms with Crippen LogP contribution in [0.25, 0.3) is 0 Å². The van der Waals surface area contributed by atoms with Gasteiger partial charge < -0.3 is 4.90 Å². The highest BCUT2D eigenvalue weighted by molar-refractivity contribution is 5.17. The Kier molecular flexibility index (Phi) is 2.62. The summed E-state index contributed by atoms with van der Waals surface area (Å²) < 4.78 is 0. The van der Waals surface area contributed by atoms with Crippen LogP contribution in [0.4, 0.5) is 0 Å². The Morgan fingerprint density at radius 1 is 1.33 bits per heavy atom. The van der Waals surface area contributed by atoms with Crippen LogP contribution in [0.2, 0.25) is 0 Å². The van der Waals surface area contributed by atoms with Crippen LogP contribution in [0, 0.1) is 11.3 Å². The summed E-state index contributed by atoms with van der Waals surface area (Å²) in [6.45, 7) is 11.6. The maximum Gasteiger partial charge on any atom is 0.00573 e. The maximum atomic E-state index is 2.37. The van der Waals surface area contributed by atoms with Gasteiger partial charge in [0.25, 0.3) is 0 Å². The molecule has 0 aromatic rings. The summed E-state index contributed by atoms with van der Waals surface area (Å²) in [5.74, 6) is 0.819. The van der Waals surface area contributed by atoms with Crippen LogP contribution < -0.4 is 0 Å². The Labute approximate surface area is 76.5 Å². The average molecular weight is 167 g/mol. The quantitative estimate of drug-likeness (QED) is 0.542. The van der Waals surface area contributed by atoms with Crippen molar-refractivity contribution in [2.24, 2.45) is 11.3 Å². The van der Waals surface area contributed by atoms with Crippen molar-refractivity contribution >= 4 is 0 Å². The molecule has 0 amide bonds. The van der Waals surface area contributed by atoms with Gasteiger partial charge in [0.15, 0.2) is 0 Å². The molecule has 0 atom stereocenters. The van der Waals surface area contributed by atoms with Gasteiger partial charge in [0.2, 0.25) is 0 Å². The van der Waals surface area contributed by atoms with Crippen molar-refractivity contribution in [2.75, 3.05) is 20.1 Å². The molecule has 0 N–H and O–H groups in total. The first kappa shape index (κ1) is 9.79. The number of allylic oxidation sites excluding steroid dienone is 1. The molecule has 12 heavy (non-hydrogen) atoms. The minimum atomic E-state index is 0.362. The Bertz CT molecular complexity index is 180. The van der Waals surface area contributed by atoms with Crippen molar-refractivity contribution in [3.63, 3.8) is 0 Å². The zero-order valence-corrected chi connectivity index (χ0v) is 9.02. The summed E-state index contributed by atoms with van der Waals surface area (Å²) in [4.78, 5) is 2.37. The lowest BCUT2D eigenvalue weighted by atomic mass is 9.75. The molecule has 1 saturated heterocycles. The summed E-state index contributed by atoms with van der Waals surface area (Å²) in [6, 6.07) is 0. The van der Waals surface area contributed by atoms with Gasteiger partial charge in [-0.25, -0.2) is 0 Å². The van der Waals surface area contributed by atoms with E-state index in [0.29, 0.717) is 5.41 Å². The van der Waals surface area contributed by atoms with Crippen molar-refractivity contribution < 1.29 is 0 Å². The molecule has 0 aromatic carbocycles. The smallest absolute Gasteiger partial charge is 0.00573 e. The van der Waals surface area contributed by atoms with Gasteiger partial charge in [0.1, 0.15) is 0 Å². The summed E-state index contributed by atoms with van der Waals surface area (Å²) in [6.07, 6.45) is 2.30. The third kappa shape index (κ3) is 1.89. The SMILES string of the molecule is C/C=C(\C1CN(C)C1)C(C)(C)C. The monoisotopic (exact) mass is 167 g/mol. The Morgan fingerprint density at radius 2 is 1.83 bits per heavy atom. The van der Waals surface area contributed by atoms with Crippen LogP contribution in [0.5, 0.6) is 0 Å². The van der Waals surface area contributed by atoms with Gasteiger partial charge in [0.05, 0.1) is 0 Å². The highest BCUT2D eigenvalue weighted by Gasteiger charge is 2.31. The van der Waals surface area contributed by atoms with Gasteiger partial charge in [-0.3, -0.25) is 0 Å². The fraction of sp³-hybridized carbons (Fsp3) is 0.818. The molecule has 1 aliphatic heterocycles. The third-order valence-corrected chi connectivity index (χ3v) is 2.68. The summed E-state index contributed by atoms with van der Waals surface area (Å²) in [5, 5.41) is 0. The number of likely N-dealkylation sites (tertiary alicyclic amines) is 1. The molecule has 1 heterocycles. The molecule has 1 fully saturated rings. The molecule has 0 aliphatic carbocycles. The lowest BCUT2D eigenvalue weighted by molar-refractivity contribution is 0.144. The molecule has 1 heteroatoms. The van der Waals surface area contributed by atoms with Crippen molar-refractivity contribution in [2.45, 2.75) is 27.7 Å². The van der Waals surface area contributed by atoms with E-state index < -0.39 is 0 Å². The summed E-state index contributed by atoms with van der Waals surface area (Å²) in [5.41, 5.74) is 1.99. The predicted molar refractivity (Wildman–Crippen MR) is 54.2 cm³/mol. The topological polar surface area (TPSA) is 3.24 Å². The van der Waals surface area contributed by atoms with Crippen molar-refractivity contribution in [3.05, 3.63) is 11.6 Å². The van der Waals surface area contributed by atoms with E-state index in [-0.39, 0.29) is 0 Å². The molecule has 1 rings (SSSR count). The first-order valence-corrected chi connectivity index (χ1v) is 4.80. The first-order valence-electron chi connectivity index (χ1n) is 4.80. The van der Waals surface area contributed by atoms with Crippen molar-refractivity contribution in [1.29, 1.82) is 0 Å². The predicted octanol–water partition coefficient (Wildman–Crippen LogP) is 2.54. The van der Waals surface area contributed by atoms with Gasteiger partial charge in [0, 0.05) is 19.0 Å². The highest BCUT2D eigenvalue weighted by atomic mass is 15.2. The normalized spacial score (nSPS) is 22.6. The third-order valence-electron chi connectivity index (χ3n) is 2.68. The highest BCUT2D eigenvalue weighted by Crippen LogP contribution is 2.35. The van der Waals surface area contributed by atoms with Crippen LogP contribution in [0.1, 0.15) is 27.7 Å². The van der Waals surface area contributed by atoms with Crippen molar-refractivity contribution in [1.82, 2.24) is 4.90 Å². The zero-order chi connectivity index (χ0) is 9.35. The van der Waals surface area contributed by atoms with E-state index in [1.165, 1.54) is 13.1 Å². The molecule has 0 radical (unpaired) electrons. The minimum absolute atomic E-state index is 0.362. The van der Waals surface area contributed by atoms with Crippen LogP contribution in [0.3, 0.4) is 0 Å². The van der Waals surface area contributed by atoms with E-state index in [0.717, 1.165) is 5.92 Å². The Morgan fingerprint density at radius 3 is 2.08 bits per heavy atom. The van der Waals surface area contributed by atoms with Gasteiger partial charge in [-0.15, -0.1) is 0 Å². The van der Waals surface area contributed by atoms with Crippen molar-refractivity contribution in [3.8, 4) is 0 Å². The molecular weight excluding hydrogens is 146 g/mol. The van der Waals surface area contributed by atoms with E-state index in [1.54, 1.807) is 5.57 Å². The molecule has 0 bridgehead atoms. The second-order valence-electron chi connectivity index (χ2n) is 4.91. The average Bonchev–Trinajstić information content (AvgIpc) is 1.82. The fourth-order valence-electron chi connectivity index (χ4n) is 2.18. The number of hydrogen-bond acceptors (Lipinski definition) is 1.